The number of nitro benzene ring substituents is 1. The fourth-order valence-corrected chi connectivity index (χ4v) is 2.60. The minimum atomic E-state index is -0.352. The van der Waals surface area contributed by atoms with E-state index in [0.717, 1.165) is 31.9 Å². The molecule has 0 aliphatic carbocycles. The molecule has 0 unspecified atom stereocenters. The van der Waals surface area contributed by atoms with Gasteiger partial charge in [-0.3, -0.25) is 15.0 Å². The molecule has 1 heterocycles. The Kier molecular flexibility index (Phi) is 5.35. The molecule has 1 fully saturated rings. The Morgan fingerprint density at radius 3 is 2.30 bits per heavy atom. The normalized spacial score (nSPS) is 16.4. The van der Waals surface area contributed by atoms with Gasteiger partial charge in [0.15, 0.2) is 0 Å². The number of unbranched alkanes of at least 4 members (excludes halogenated alkanes) is 2. The van der Waals surface area contributed by atoms with Crippen molar-refractivity contribution < 1.29 is 4.92 Å². The van der Waals surface area contributed by atoms with Crippen LogP contribution in [0.1, 0.15) is 26.2 Å². The summed E-state index contributed by atoms with van der Waals surface area (Å²) in [6.07, 6.45) is 3.86. The number of rotatable bonds is 6. The van der Waals surface area contributed by atoms with E-state index in [0.29, 0.717) is 0 Å². The van der Waals surface area contributed by atoms with E-state index in [1.165, 1.54) is 25.8 Å². The van der Waals surface area contributed by atoms with E-state index < -0.39 is 0 Å². The Hall–Kier alpha value is -1.62. The van der Waals surface area contributed by atoms with E-state index in [1.54, 1.807) is 12.1 Å². The zero-order valence-electron chi connectivity index (χ0n) is 12.1. The van der Waals surface area contributed by atoms with Gasteiger partial charge >= 0.3 is 0 Å². The van der Waals surface area contributed by atoms with E-state index in [1.807, 2.05) is 12.1 Å². The topological polar surface area (TPSA) is 49.6 Å². The van der Waals surface area contributed by atoms with E-state index in [-0.39, 0.29) is 10.6 Å². The zero-order valence-corrected chi connectivity index (χ0v) is 12.1. The molecule has 0 radical (unpaired) electrons. The molecule has 0 saturated carbocycles. The second-order valence-corrected chi connectivity index (χ2v) is 5.31. The van der Waals surface area contributed by atoms with Crippen molar-refractivity contribution in [2.24, 2.45) is 0 Å². The van der Waals surface area contributed by atoms with Gasteiger partial charge in [-0.05, 0) is 25.1 Å². The van der Waals surface area contributed by atoms with Crippen molar-refractivity contribution in [3.8, 4) is 0 Å². The predicted octanol–water partition coefficient (Wildman–Crippen LogP) is 2.91. The molecule has 1 aliphatic rings. The summed E-state index contributed by atoms with van der Waals surface area (Å²) < 4.78 is 0. The lowest BCUT2D eigenvalue weighted by molar-refractivity contribution is -0.384. The fraction of sp³-hybridized carbons (Fsp3) is 0.600. The maximum Gasteiger partial charge on any atom is 0.269 e. The van der Waals surface area contributed by atoms with Crippen LogP contribution in [0.15, 0.2) is 24.3 Å². The van der Waals surface area contributed by atoms with Crippen LogP contribution in [0.5, 0.6) is 0 Å². The van der Waals surface area contributed by atoms with Gasteiger partial charge in [0.1, 0.15) is 0 Å². The zero-order chi connectivity index (χ0) is 14.4. The molecule has 110 valence electrons. The Labute approximate surface area is 120 Å². The minimum Gasteiger partial charge on any atom is -0.369 e. The highest BCUT2D eigenvalue weighted by Crippen LogP contribution is 2.20. The lowest BCUT2D eigenvalue weighted by atomic mass is 10.2. The van der Waals surface area contributed by atoms with Crippen molar-refractivity contribution >= 4 is 11.4 Å². The van der Waals surface area contributed by atoms with Gasteiger partial charge in [0.2, 0.25) is 0 Å². The second kappa shape index (κ2) is 7.24. The Morgan fingerprint density at radius 2 is 1.75 bits per heavy atom. The first-order valence-corrected chi connectivity index (χ1v) is 7.42. The number of non-ortho nitro benzene ring substituents is 1. The summed E-state index contributed by atoms with van der Waals surface area (Å²) in [6.45, 7) is 7.60. The summed E-state index contributed by atoms with van der Waals surface area (Å²) in [5, 5.41) is 10.6. The Bertz CT molecular complexity index is 425. The third-order valence-electron chi connectivity index (χ3n) is 3.88. The third kappa shape index (κ3) is 3.93. The highest BCUT2D eigenvalue weighted by Gasteiger charge is 2.17. The summed E-state index contributed by atoms with van der Waals surface area (Å²) in [5.41, 5.74) is 1.25. The largest absolute Gasteiger partial charge is 0.369 e. The van der Waals surface area contributed by atoms with Crippen molar-refractivity contribution in [2.75, 3.05) is 37.6 Å². The number of benzene rings is 1. The predicted molar refractivity (Wildman–Crippen MR) is 81.3 cm³/mol. The van der Waals surface area contributed by atoms with Gasteiger partial charge < -0.3 is 4.90 Å². The Morgan fingerprint density at radius 1 is 1.10 bits per heavy atom. The first-order chi connectivity index (χ1) is 9.70. The van der Waals surface area contributed by atoms with Crippen LogP contribution in [0, 0.1) is 10.1 Å². The van der Waals surface area contributed by atoms with Crippen molar-refractivity contribution in [2.45, 2.75) is 26.2 Å². The number of piperazine rings is 1. The average Bonchev–Trinajstić information content (AvgIpc) is 2.48. The first kappa shape index (κ1) is 14.8. The minimum absolute atomic E-state index is 0.159. The van der Waals surface area contributed by atoms with E-state index in [9.17, 15) is 10.1 Å². The lowest BCUT2D eigenvalue weighted by Crippen LogP contribution is -2.46. The van der Waals surface area contributed by atoms with Crippen molar-refractivity contribution in [3.63, 3.8) is 0 Å². The number of anilines is 1. The summed E-state index contributed by atoms with van der Waals surface area (Å²) >= 11 is 0. The van der Waals surface area contributed by atoms with Crippen LogP contribution in [-0.4, -0.2) is 42.5 Å². The van der Waals surface area contributed by atoms with E-state index in [4.69, 9.17) is 0 Å². The molecular formula is C15H23N3O2. The molecule has 1 saturated heterocycles. The highest BCUT2D eigenvalue weighted by molar-refractivity contribution is 5.51. The smallest absolute Gasteiger partial charge is 0.269 e. The molecule has 1 aromatic carbocycles. The molecule has 0 atom stereocenters. The SMILES string of the molecule is CCCCCN1CCN(c2ccc([N+](=O)[O-])cc2)CC1. The fourth-order valence-electron chi connectivity index (χ4n) is 2.60. The maximum absolute atomic E-state index is 10.6. The van der Waals surface area contributed by atoms with Crippen LogP contribution in [0.4, 0.5) is 11.4 Å². The van der Waals surface area contributed by atoms with Crippen molar-refractivity contribution in [1.29, 1.82) is 0 Å². The molecule has 0 bridgehead atoms. The number of nitro groups is 1. The van der Waals surface area contributed by atoms with E-state index in [2.05, 4.69) is 16.7 Å². The van der Waals surface area contributed by atoms with Gasteiger partial charge in [-0.1, -0.05) is 19.8 Å². The van der Waals surface area contributed by atoms with E-state index >= 15 is 0 Å². The molecule has 0 amide bonds. The van der Waals surface area contributed by atoms with Gasteiger partial charge in [0, 0.05) is 44.0 Å². The van der Waals surface area contributed by atoms with Crippen LogP contribution < -0.4 is 4.90 Å². The molecule has 20 heavy (non-hydrogen) atoms. The third-order valence-corrected chi connectivity index (χ3v) is 3.88. The van der Waals surface area contributed by atoms with Crippen LogP contribution in [0.25, 0.3) is 0 Å². The van der Waals surface area contributed by atoms with Gasteiger partial charge in [0.05, 0.1) is 4.92 Å². The van der Waals surface area contributed by atoms with Crippen LogP contribution >= 0.6 is 0 Å². The molecule has 1 aliphatic heterocycles. The standard InChI is InChI=1S/C15H23N3O2/c1-2-3-4-9-16-10-12-17(13-11-16)14-5-7-15(8-6-14)18(19)20/h5-8H,2-4,9-13H2,1H3. The quantitative estimate of drug-likeness (QED) is 0.456. The second-order valence-electron chi connectivity index (χ2n) is 5.31. The van der Waals surface area contributed by atoms with Crippen molar-refractivity contribution in [1.82, 2.24) is 4.90 Å². The van der Waals surface area contributed by atoms with Gasteiger partial charge in [-0.25, -0.2) is 0 Å². The van der Waals surface area contributed by atoms with Gasteiger partial charge in [-0.2, -0.15) is 0 Å². The molecule has 1 aromatic rings. The maximum atomic E-state index is 10.6. The van der Waals surface area contributed by atoms with Gasteiger partial charge in [0.25, 0.3) is 5.69 Å². The Balaban J connectivity index is 1.82. The molecule has 0 spiro atoms. The molecule has 2 rings (SSSR count). The number of hydrogen-bond donors (Lipinski definition) is 0. The molecule has 0 aromatic heterocycles. The highest BCUT2D eigenvalue weighted by atomic mass is 16.6. The lowest BCUT2D eigenvalue weighted by Gasteiger charge is -2.36. The molecular weight excluding hydrogens is 254 g/mol. The van der Waals surface area contributed by atoms with Crippen LogP contribution in [-0.2, 0) is 0 Å². The van der Waals surface area contributed by atoms with Gasteiger partial charge in [-0.15, -0.1) is 0 Å². The summed E-state index contributed by atoms with van der Waals surface area (Å²) in [6, 6.07) is 6.88. The monoisotopic (exact) mass is 277 g/mol. The van der Waals surface area contributed by atoms with Crippen LogP contribution in [0.2, 0.25) is 0 Å². The number of nitrogens with zero attached hydrogens (tertiary/aromatic N) is 3. The summed E-state index contributed by atoms with van der Waals surface area (Å²) in [7, 11) is 0. The molecule has 5 heteroatoms. The van der Waals surface area contributed by atoms with Crippen molar-refractivity contribution in [3.05, 3.63) is 34.4 Å². The molecule has 0 N–H and O–H groups in total. The van der Waals surface area contributed by atoms with Crippen LogP contribution in [0.3, 0.4) is 0 Å². The molecule has 5 nitrogen and oxygen atoms in total. The first-order valence-electron chi connectivity index (χ1n) is 7.42. The summed E-state index contributed by atoms with van der Waals surface area (Å²) in [4.78, 5) is 15.1. The number of hydrogen-bond acceptors (Lipinski definition) is 4. The summed E-state index contributed by atoms with van der Waals surface area (Å²) in [5.74, 6) is 0. The average molecular weight is 277 g/mol.